The number of primary amides is 1. The molecule has 2 amide bonds. The normalized spacial score (nSPS) is 11.8. The van der Waals surface area contributed by atoms with Crippen molar-refractivity contribution in [3.63, 3.8) is 0 Å². The molecule has 0 spiro atoms. The summed E-state index contributed by atoms with van der Waals surface area (Å²) >= 11 is 0. The van der Waals surface area contributed by atoms with Gasteiger partial charge in [-0.3, -0.25) is 9.59 Å². The number of amides is 2. The lowest BCUT2D eigenvalue weighted by atomic mass is 10.0. The van der Waals surface area contributed by atoms with Gasteiger partial charge < -0.3 is 15.8 Å². The van der Waals surface area contributed by atoms with Crippen LogP contribution in [0.25, 0.3) is 0 Å². The molecule has 2 rings (SSSR count). The van der Waals surface area contributed by atoms with E-state index in [0.29, 0.717) is 22.9 Å². The fourth-order valence-corrected chi connectivity index (χ4v) is 2.15. The molecule has 1 atom stereocenters. The maximum atomic E-state index is 12.2. The van der Waals surface area contributed by atoms with Crippen molar-refractivity contribution in [2.75, 3.05) is 5.32 Å². The Balaban J connectivity index is 1.95. The zero-order valence-corrected chi connectivity index (χ0v) is 14.1. The van der Waals surface area contributed by atoms with E-state index in [1.165, 1.54) is 5.56 Å². The average molecular weight is 326 g/mol. The third-order valence-corrected chi connectivity index (χ3v) is 3.67. The largest absolute Gasteiger partial charge is 0.481 e. The SMILES string of the molecule is CC(C)c1ccc(O[C@@H](C)C(=O)Nc2ccc(C(N)=O)cc2)cc1. The molecule has 3 N–H and O–H groups in total. The van der Waals surface area contributed by atoms with Gasteiger partial charge in [0.15, 0.2) is 6.10 Å². The van der Waals surface area contributed by atoms with Crippen LogP contribution in [0.3, 0.4) is 0 Å². The molecule has 2 aromatic carbocycles. The molecule has 0 radical (unpaired) electrons. The number of carbonyl (C=O) groups excluding carboxylic acids is 2. The lowest BCUT2D eigenvalue weighted by molar-refractivity contribution is -0.122. The number of hydrogen-bond acceptors (Lipinski definition) is 3. The van der Waals surface area contributed by atoms with Crippen molar-refractivity contribution in [1.29, 1.82) is 0 Å². The predicted octanol–water partition coefficient (Wildman–Crippen LogP) is 3.31. The second kappa shape index (κ2) is 7.64. The summed E-state index contributed by atoms with van der Waals surface area (Å²) in [6.45, 7) is 5.92. The highest BCUT2D eigenvalue weighted by molar-refractivity contribution is 5.96. The molecule has 0 aliphatic rings. The number of hydrogen-bond donors (Lipinski definition) is 2. The topological polar surface area (TPSA) is 81.4 Å². The molecule has 0 aromatic heterocycles. The minimum Gasteiger partial charge on any atom is -0.481 e. The Morgan fingerprint density at radius 1 is 0.958 bits per heavy atom. The Kier molecular flexibility index (Phi) is 5.58. The summed E-state index contributed by atoms with van der Waals surface area (Å²) in [5, 5.41) is 2.74. The quantitative estimate of drug-likeness (QED) is 0.854. The van der Waals surface area contributed by atoms with Gasteiger partial charge in [-0.05, 0) is 54.8 Å². The molecular formula is C19H22N2O3. The summed E-state index contributed by atoms with van der Waals surface area (Å²) in [6.07, 6.45) is -0.647. The second-order valence-corrected chi connectivity index (χ2v) is 5.91. The van der Waals surface area contributed by atoms with Crippen molar-refractivity contribution in [3.05, 3.63) is 59.7 Å². The minimum absolute atomic E-state index is 0.269. The van der Waals surface area contributed by atoms with E-state index in [-0.39, 0.29) is 5.91 Å². The van der Waals surface area contributed by atoms with Crippen LogP contribution in [0.4, 0.5) is 5.69 Å². The number of nitrogens with one attached hydrogen (secondary N) is 1. The smallest absolute Gasteiger partial charge is 0.265 e. The number of benzene rings is 2. The van der Waals surface area contributed by atoms with Crippen LogP contribution in [0.5, 0.6) is 5.75 Å². The lowest BCUT2D eigenvalue weighted by Crippen LogP contribution is -2.30. The van der Waals surface area contributed by atoms with E-state index >= 15 is 0 Å². The van der Waals surface area contributed by atoms with Gasteiger partial charge >= 0.3 is 0 Å². The van der Waals surface area contributed by atoms with Crippen molar-refractivity contribution >= 4 is 17.5 Å². The second-order valence-electron chi connectivity index (χ2n) is 5.91. The van der Waals surface area contributed by atoms with Crippen LogP contribution in [0.15, 0.2) is 48.5 Å². The summed E-state index contributed by atoms with van der Waals surface area (Å²) < 4.78 is 5.66. The van der Waals surface area contributed by atoms with Gasteiger partial charge in [0.25, 0.3) is 5.91 Å². The third-order valence-electron chi connectivity index (χ3n) is 3.67. The monoisotopic (exact) mass is 326 g/mol. The Bertz CT molecular complexity index is 706. The van der Waals surface area contributed by atoms with Crippen molar-refractivity contribution < 1.29 is 14.3 Å². The molecule has 0 fully saturated rings. The molecule has 0 aliphatic carbocycles. The van der Waals surface area contributed by atoms with E-state index in [9.17, 15) is 9.59 Å². The van der Waals surface area contributed by atoms with Crippen molar-refractivity contribution in [3.8, 4) is 5.75 Å². The number of ether oxygens (including phenoxy) is 1. The highest BCUT2D eigenvalue weighted by atomic mass is 16.5. The van der Waals surface area contributed by atoms with Crippen LogP contribution in [0, 0.1) is 0 Å². The van der Waals surface area contributed by atoms with E-state index in [4.69, 9.17) is 10.5 Å². The summed E-state index contributed by atoms with van der Waals surface area (Å²) in [5.41, 5.74) is 7.37. The maximum Gasteiger partial charge on any atom is 0.265 e. The fourth-order valence-electron chi connectivity index (χ4n) is 2.15. The van der Waals surface area contributed by atoms with Gasteiger partial charge in [-0.1, -0.05) is 26.0 Å². The Labute approximate surface area is 141 Å². The van der Waals surface area contributed by atoms with Gasteiger partial charge in [-0.2, -0.15) is 0 Å². The molecule has 5 nitrogen and oxygen atoms in total. The Hall–Kier alpha value is -2.82. The molecular weight excluding hydrogens is 304 g/mol. The van der Waals surface area contributed by atoms with E-state index in [0.717, 1.165) is 0 Å². The number of anilines is 1. The van der Waals surface area contributed by atoms with E-state index in [1.54, 1.807) is 31.2 Å². The van der Waals surface area contributed by atoms with E-state index in [2.05, 4.69) is 19.2 Å². The predicted molar refractivity (Wildman–Crippen MR) is 94.2 cm³/mol. The number of nitrogens with two attached hydrogens (primary N) is 1. The zero-order chi connectivity index (χ0) is 17.7. The molecule has 0 bridgehead atoms. The molecule has 0 aliphatic heterocycles. The van der Waals surface area contributed by atoms with Crippen molar-refractivity contribution in [1.82, 2.24) is 0 Å². The summed E-state index contributed by atoms with van der Waals surface area (Å²) in [4.78, 5) is 23.2. The van der Waals surface area contributed by atoms with Crippen LogP contribution in [0.2, 0.25) is 0 Å². The molecule has 0 unspecified atom stereocenters. The van der Waals surface area contributed by atoms with Crippen LogP contribution in [-0.4, -0.2) is 17.9 Å². The Morgan fingerprint density at radius 3 is 2.04 bits per heavy atom. The van der Waals surface area contributed by atoms with Crippen LogP contribution in [0.1, 0.15) is 42.6 Å². The van der Waals surface area contributed by atoms with E-state index in [1.807, 2.05) is 24.3 Å². The minimum atomic E-state index is -0.647. The van der Waals surface area contributed by atoms with Gasteiger partial charge in [-0.15, -0.1) is 0 Å². The Morgan fingerprint density at radius 2 is 1.54 bits per heavy atom. The maximum absolute atomic E-state index is 12.2. The van der Waals surface area contributed by atoms with Gasteiger partial charge in [0.1, 0.15) is 5.75 Å². The average Bonchev–Trinajstić information content (AvgIpc) is 2.55. The third kappa shape index (κ3) is 4.59. The molecule has 24 heavy (non-hydrogen) atoms. The van der Waals surface area contributed by atoms with Crippen molar-refractivity contribution in [2.24, 2.45) is 5.73 Å². The first kappa shape index (κ1) is 17.5. The van der Waals surface area contributed by atoms with E-state index < -0.39 is 12.0 Å². The lowest BCUT2D eigenvalue weighted by Gasteiger charge is -2.15. The first-order chi connectivity index (χ1) is 11.4. The highest BCUT2D eigenvalue weighted by Crippen LogP contribution is 2.19. The molecule has 0 heterocycles. The fraction of sp³-hybridized carbons (Fsp3) is 0.263. The summed E-state index contributed by atoms with van der Waals surface area (Å²) in [6, 6.07) is 14.1. The van der Waals surface area contributed by atoms with Gasteiger partial charge in [0, 0.05) is 11.3 Å². The first-order valence-electron chi connectivity index (χ1n) is 7.84. The first-order valence-corrected chi connectivity index (χ1v) is 7.84. The molecule has 0 saturated carbocycles. The van der Waals surface area contributed by atoms with Crippen molar-refractivity contribution in [2.45, 2.75) is 32.8 Å². The van der Waals surface area contributed by atoms with Gasteiger partial charge in [0.2, 0.25) is 5.91 Å². The highest BCUT2D eigenvalue weighted by Gasteiger charge is 2.15. The number of rotatable bonds is 6. The number of carbonyl (C=O) groups is 2. The molecule has 126 valence electrons. The van der Waals surface area contributed by atoms with Crippen LogP contribution in [-0.2, 0) is 4.79 Å². The molecule has 5 heteroatoms. The van der Waals surface area contributed by atoms with Gasteiger partial charge in [0.05, 0.1) is 0 Å². The standard InChI is InChI=1S/C19H22N2O3/c1-12(2)14-6-10-17(11-7-14)24-13(3)19(23)21-16-8-4-15(5-9-16)18(20)22/h4-13H,1-3H3,(H2,20,22)(H,21,23)/t13-/m0/s1. The summed E-state index contributed by atoms with van der Waals surface area (Å²) in [5.74, 6) is 0.318. The summed E-state index contributed by atoms with van der Waals surface area (Å²) in [7, 11) is 0. The zero-order valence-electron chi connectivity index (χ0n) is 14.1. The molecule has 0 saturated heterocycles. The van der Waals surface area contributed by atoms with Crippen LogP contribution >= 0.6 is 0 Å². The van der Waals surface area contributed by atoms with Crippen LogP contribution < -0.4 is 15.8 Å². The van der Waals surface area contributed by atoms with Gasteiger partial charge in [-0.25, -0.2) is 0 Å². The molecule has 2 aromatic rings.